The van der Waals surface area contributed by atoms with Gasteiger partial charge < -0.3 is 9.80 Å². The zero-order valence-electron chi connectivity index (χ0n) is 13.7. The van der Waals surface area contributed by atoms with E-state index in [1.165, 1.54) is 0 Å². The second-order valence-electron chi connectivity index (χ2n) is 5.86. The Hall–Kier alpha value is -2.19. The number of halogens is 1. The van der Waals surface area contributed by atoms with E-state index in [0.29, 0.717) is 37.9 Å². The van der Waals surface area contributed by atoms with Gasteiger partial charge in [-0.05, 0) is 24.4 Å². The van der Waals surface area contributed by atoms with E-state index in [1.54, 1.807) is 33.9 Å². The Bertz CT molecular complexity index is 885. The van der Waals surface area contributed by atoms with E-state index >= 15 is 0 Å². The molecule has 1 atom stereocenters. The fourth-order valence-electron chi connectivity index (χ4n) is 2.91. The number of amides is 1. The molecule has 7 nitrogen and oxygen atoms in total. The third kappa shape index (κ3) is 3.07. The van der Waals surface area contributed by atoms with Crippen LogP contribution in [0.15, 0.2) is 29.8 Å². The predicted molar refractivity (Wildman–Crippen MR) is 98.2 cm³/mol. The number of anilines is 1. The lowest BCUT2D eigenvalue weighted by atomic mass is 10.3. The average Bonchev–Trinajstić information content (AvgIpc) is 3.30. The van der Waals surface area contributed by atoms with E-state index in [0.717, 1.165) is 10.6 Å². The third-order valence-electron chi connectivity index (χ3n) is 4.22. The first-order valence-corrected chi connectivity index (χ1v) is 9.38. The molecule has 4 rings (SSSR count). The Balaban J connectivity index is 1.57. The van der Waals surface area contributed by atoms with Crippen molar-refractivity contribution in [2.45, 2.75) is 12.3 Å². The number of rotatable bonds is 3. The van der Waals surface area contributed by atoms with Gasteiger partial charge in [-0.2, -0.15) is 9.50 Å². The SMILES string of the molecule is CC(Cl)C(=O)N1CCN(c2nc3nccc(-c4cccs4)n3n2)CC1. The van der Waals surface area contributed by atoms with Gasteiger partial charge in [0.05, 0.1) is 10.6 Å². The van der Waals surface area contributed by atoms with Gasteiger partial charge >= 0.3 is 0 Å². The summed E-state index contributed by atoms with van der Waals surface area (Å²) >= 11 is 7.55. The van der Waals surface area contributed by atoms with E-state index in [9.17, 15) is 4.79 Å². The molecule has 3 aromatic rings. The number of hydrogen-bond acceptors (Lipinski definition) is 6. The van der Waals surface area contributed by atoms with Gasteiger partial charge in [0.2, 0.25) is 11.9 Å². The predicted octanol–water partition coefficient (Wildman–Crippen LogP) is 2.13. The number of carbonyl (C=O) groups is 1. The van der Waals surface area contributed by atoms with Crippen molar-refractivity contribution in [1.82, 2.24) is 24.5 Å². The summed E-state index contributed by atoms with van der Waals surface area (Å²) < 4.78 is 1.78. The van der Waals surface area contributed by atoms with E-state index in [4.69, 9.17) is 11.6 Å². The summed E-state index contributed by atoms with van der Waals surface area (Å²) in [5, 5.41) is 6.19. The van der Waals surface area contributed by atoms with Crippen molar-refractivity contribution >= 4 is 40.6 Å². The van der Waals surface area contributed by atoms with Crippen LogP contribution >= 0.6 is 22.9 Å². The summed E-state index contributed by atoms with van der Waals surface area (Å²) in [7, 11) is 0. The summed E-state index contributed by atoms with van der Waals surface area (Å²) in [6, 6.07) is 6.01. The molecule has 0 saturated carbocycles. The van der Waals surface area contributed by atoms with E-state index in [1.807, 2.05) is 17.5 Å². The molecule has 0 aliphatic carbocycles. The first-order chi connectivity index (χ1) is 12.1. The van der Waals surface area contributed by atoms with Crippen LogP contribution < -0.4 is 4.90 Å². The Morgan fingerprint density at radius 1 is 1.28 bits per heavy atom. The maximum Gasteiger partial charge on any atom is 0.254 e. The van der Waals surface area contributed by atoms with Gasteiger partial charge in [-0.15, -0.1) is 28.0 Å². The molecule has 1 aliphatic rings. The second kappa shape index (κ2) is 6.61. The number of nitrogens with zero attached hydrogens (tertiary/aromatic N) is 6. The summed E-state index contributed by atoms with van der Waals surface area (Å²) in [6.07, 6.45) is 1.75. The molecular weight excluding hydrogens is 360 g/mol. The standard InChI is InChI=1S/C16H17ClN6OS/c1-11(17)14(24)21-6-8-22(9-7-21)16-19-15-18-5-4-12(23(15)20-16)13-3-2-10-25-13/h2-5,10-11H,6-9H2,1H3. The number of thiophene rings is 1. The molecule has 1 amide bonds. The Morgan fingerprint density at radius 3 is 2.76 bits per heavy atom. The fourth-order valence-corrected chi connectivity index (χ4v) is 3.78. The third-order valence-corrected chi connectivity index (χ3v) is 5.30. The summed E-state index contributed by atoms with van der Waals surface area (Å²) in [4.78, 5) is 25.9. The Morgan fingerprint density at radius 2 is 2.08 bits per heavy atom. The monoisotopic (exact) mass is 376 g/mol. The van der Waals surface area contributed by atoms with Gasteiger partial charge in [-0.25, -0.2) is 4.98 Å². The van der Waals surface area contributed by atoms with Crippen LogP contribution in [0, 0.1) is 0 Å². The zero-order valence-corrected chi connectivity index (χ0v) is 15.2. The molecule has 0 N–H and O–H groups in total. The number of alkyl halides is 1. The van der Waals surface area contributed by atoms with Crippen LogP contribution in [-0.2, 0) is 4.79 Å². The lowest BCUT2D eigenvalue weighted by Crippen LogP contribution is -2.50. The molecule has 130 valence electrons. The summed E-state index contributed by atoms with van der Waals surface area (Å²) in [6.45, 7) is 4.31. The largest absolute Gasteiger partial charge is 0.338 e. The summed E-state index contributed by atoms with van der Waals surface area (Å²) in [5.74, 6) is 1.20. The smallest absolute Gasteiger partial charge is 0.254 e. The van der Waals surface area contributed by atoms with Crippen molar-refractivity contribution in [2.75, 3.05) is 31.1 Å². The van der Waals surface area contributed by atoms with E-state index in [2.05, 4.69) is 26.0 Å². The minimum Gasteiger partial charge on any atom is -0.338 e. The molecule has 1 fully saturated rings. The normalized spacial score (nSPS) is 16.4. The highest BCUT2D eigenvalue weighted by Gasteiger charge is 2.26. The molecular formula is C16H17ClN6OS. The molecule has 0 bridgehead atoms. The highest BCUT2D eigenvalue weighted by Crippen LogP contribution is 2.25. The highest BCUT2D eigenvalue weighted by molar-refractivity contribution is 7.13. The number of carbonyl (C=O) groups excluding carboxylic acids is 1. The average molecular weight is 377 g/mol. The molecule has 3 aromatic heterocycles. The van der Waals surface area contributed by atoms with Crippen molar-refractivity contribution in [1.29, 1.82) is 0 Å². The van der Waals surface area contributed by atoms with Crippen LogP contribution in [-0.4, -0.2) is 61.9 Å². The van der Waals surface area contributed by atoms with Crippen molar-refractivity contribution in [3.05, 3.63) is 29.8 Å². The molecule has 1 aliphatic heterocycles. The van der Waals surface area contributed by atoms with Crippen LogP contribution in [0.25, 0.3) is 16.3 Å². The lowest BCUT2D eigenvalue weighted by molar-refractivity contribution is -0.130. The van der Waals surface area contributed by atoms with Crippen LogP contribution in [0.5, 0.6) is 0 Å². The van der Waals surface area contributed by atoms with Gasteiger partial charge in [0.1, 0.15) is 5.38 Å². The molecule has 25 heavy (non-hydrogen) atoms. The van der Waals surface area contributed by atoms with Gasteiger partial charge in [-0.3, -0.25) is 4.79 Å². The van der Waals surface area contributed by atoms with Gasteiger partial charge in [0.15, 0.2) is 0 Å². The van der Waals surface area contributed by atoms with Crippen LogP contribution in [0.4, 0.5) is 5.95 Å². The van der Waals surface area contributed by atoms with E-state index < -0.39 is 5.38 Å². The molecule has 9 heteroatoms. The maximum absolute atomic E-state index is 12.0. The van der Waals surface area contributed by atoms with Crippen molar-refractivity contribution in [3.63, 3.8) is 0 Å². The quantitative estimate of drug-likeness (QED) is 0.655. The van der Waals surface area contributed by atoms with E-state index in [-0.39, 0.29) is 5.91 Å². The first kappa shape index (κ1) is 16.3. The van der Waals surface area contributed by atoms with Gasteiger partial charge in [0, 0.05) is 32.4 Å². The van der Waals surface area contributed by atoms with Gasteiger partial charge in [-0.1, -0.05) is 6.07 Å². The number of aromatic nitrogens is 4. The maximum atomic E-state index is 12.0. The molecule has 1 saturated heterocycles. The number of fused-ring (bicyclic) bond motifs is 1. The zero-order chi connectivity index (χ0) is 17.4. The number of hydrogen-bond donors (Lipinski definition) is 0. The van der Waals surface area contributed by atoms with Crippen LogP contribution in [0.3, 0.4) is 0 Å². The lowest BCUT2D eigenvalue weighted by Gasteiger charge is -2.34. The molecule has 0 aromatic carbocycles. The molecule has 0 radical (unpaired) electrons. The Labute approximate surface area is 153 Å². The second-order valence-corrected chi connectivity index (χ2v) is 7.46. The highest BCUT2D eigenvalue weighted by atomic mass is 35.5. The van der Waals surface area contributed by atoms with Crippen LogP contribution in [0.2, 0.25) is 0 Å². The fraction of sp³-hybridized carbons (Fsp3) is 0.375. The van der Waals surface area contributed by atoms with Crippen molar-refractivity contribution in [2.24, 2.45) is 0 Å². The molecule has 1 unspecified atom stereocenters. The molecule has 4 heterocycles. The number of piperazine rings is 1. The summed E-state index contributed by atoms with van der Waals surface area (Å²) in [5.41, 5.74) is 0.975. The Kier molecular flexibility index (Phi) is 4.30. The first-order valence-electron chi connectivity index (χ1n) is 8.07. The minimum atomic E-state index is -0.488. The molecule has 0 spiro atoms. The topological polar surface area (TPSA) is 66.6 Å². The van der Waals surface area contributed by atoms with Gasteiger partial charge in [0.25, 0.3) is 5.78 Å². The van der Waals surface area contributed by atoms with Crippen molar-refractivity contribution in [3.8, 4) is 10.6 Å². The van der Waals surface area contributed by atoms with Crippen LogP contribution in [0.1, 0.15) is 6.92 Å². The minimum absolute atomic E-state index is 0.0223. The van der Waals surface area contributed by atoms with Crippen molar-refractivity contribution < 1.29 is 4.79 Å².